The van der Waals surface area contributed by atoms with Gasteiger partial charge in [0, 0.05) is 6.04 Å². The molecule has 88 valence electrons. The van der Waals surface area contributed by atoms with Gasteiger partial charge in [0.1, 0.15) is 0 Å². The van der Waals surface area contributed by atoms with Crippen molar-refractivity contribution in [1.29, 1.82) is 0 Å². The van der Waals surface area contributed by atoms with Crippen molar-refractivity contribution in [3.63, 3.8) is 0 Å². The van der Waals surface area contributed by atoms with Gasteiger partial charge in [-0.3, -0.25) is 0 Å². The van der Waals surface area contributed by atoms with Crippen molar-refractivity contribution in [1.82, 2.24) is 5.32 Å². The maximum atomic E-state index is 5.79. The van der Waals surface area contributed by atoms with E-state index in [2.05, 4.69) is 12.2 Å². The summed E-state index contributed by atoms with van der Waals surface area (Å²) in [5, 5.41) is 3.77. The summed E-state index contributed by atoms with van der Waals surface area (Å²) in [5.74, 6) is 2.66. The number of hydrogen-bond acceptors (Lipinski definition) is 2. The first-order valence-electron chi connectivity index (χ1n) is 6.73. The van der Waals surface area contributed by atoms with E-state index in [0.29, 0.717) is 0 Å². The smallest absolute Gasteiger partial charge is 0.0107 e. The van der Waals surface area contributed by atoms with E-state index in [-0.39, 0.29) is 0 Å². The van der Waals surface area contributed by atoms with Gasteiger partial charge in [0.15, 0.2) is 0 Å². The van der Waals surface area contributed by atoms with E-state index in [4.69, 9.17) is 5.73 Å². The van der Waals surface area contributed by atoms with Crippen molar-refractivity contribution in [2.75, 3.05) is 13.1 Å². The fourth-order valence-electron chi connectivity index (χ4n) is 3.42. The van der Waals surface area contributed by atoms with Gasteiger partial charge in [-0.15, -0.1) is 0 Å². The van der Waals surface area contributed by atoms with Crippen LogP contribution in [0.15, 0.2) is 0 Å². The second-order valence-corrected chi connectivity index (χ2v) is 5.73. The quantitative estimate of drug-likeness (QED) is 0.746. The van der Waals surface area contributed by atoms with Crippen LogP contribution in [-0.4, -0.2) is 19.1 Å². The average Bonchev–Trinajstić information content (AvgIpc) is 2.83. The molecule has 2 rings (SSSR count). The minimum atomic E-state index is 0.728. The van der Waals surface area contributed by atoms with Crippen LogP contribution in [-0.2, 0) is 0 Å². The van der Waals surface area contributed by atoms with Gasteiger partial charge in [0.2, 0.25) is 0 Å². The second-order valence-electron chi connectivity index (χ2n) is 5.73. The van der Waals surface area contributed by atoms with Gasteiger partial charge >= 0.3 is 0 Å². The molecule has 2 saturated carbocycles. The Kier molecular flexibility index (Phi) is 4.04. The molecular formula is C13H26N2. The molecule has 0 aromatic rings. The molecule has 0 saturated heterocycles. The van der Waals surface area contributed by atoms with Crippen molar-refractivity contribution in [2.45, 2.75) is 51.5 Å². The summed E-state index contributed by atoms with van der Waals surface area (Å²) in [4.78, 5) is 0. The van der Waals surface area contributed by atoms with Gasteiger partial charge in [-0.2, -0.15) is 0 Å². The number of hydrogen-bond donors (Lipinski definition) is 2. The van der Waals surface area contributed by atoms with Crippen LogP contribution in [0.25, 0.3) is 0 Å². The predicted octanol–water partition coefficient (Wildman–Crippen LogP) is 2.14. The van der Waals surface area contributed by atoms with E-state index in [9.17, 15) is 0 Å². The second kappa shape index (κ2) is 5.31. The molecule has 15 heavy (non-hydrogen) atoms. The maximum absolute atomic E-state index is 5.79. The Hall–Kier alpha value is -0.0800. The van der Waals surface area contributed by atoms with Gasteiger partial charge in [-0.25, -0.2) is 0 Å². The lowest BCUT2D eigenvalue weighted by atomic mass is 10.0. The first-order chi connectivity index (χ1) is 7.29. The molecule has 4 unspecified atom stereocenters. The van der Waals surface area contributed by atoms with Gasteiger partial charge in [0.05, 0.1) is 0 Å². The summed E-state index contributed by atoms with van der Waals surface area (Å²) in [5.41, 5.74) is 5.79. The van der Waals surface area contributed by atoms with Crippen LogP contribution in [0.1, 0.15) is 45.4 Å². The summed E-state index contributed by atoms with van der Waals surface area (Å²) in [7, 11) is 0. The van der Waals surface area contributed by atoms with Gasteiger partial charge < -0.3 is 11.1 Å². The molecule has 0 amide bonds. The Morgan fingerprint density at radius 1 is 1.20 bits per heavy atom. The summed E-state index contributed by atoms with van der Waals surface area (Å²) >= 11 is 0. The van der Waals surface area contributed by atoms with Crippen molar-refractivity contribution in [3.05, 3.63) is 0 Å². The fraction of sp³-hybridized carbons (Fsp3) is 1.00. The maximum Gasteiger partial charge on any atom is 0.0107 e. The van der Waals surface area contributed by atoms with Crippen LogP contribution >= 0.6 is 0 Å². The number of rotatable bonds is 4. The highest BCUT2D eigenvalue weighted by Gasteiger charge is 2.27. The van der Waals surface area contributed by atoms with Crippen LogP contribution in [0, 0.1) is 17.8 Å². The molecule has 4 atom stereocenters. The molecule has 0 aliphatic heterocycles. The highest BCUT2D eigenvalue weighted by atomic mass is 14.9. The highest BCUT2D eigenvalue weighted by Crippen LogP contribution is 2.31. The lowest BCUT2D eigenvalue weighted by Gasteiger charge is -2.21. The minimum absolute atomic E-state index is 0.728. The Balaban J connectivity index is 1.68. The third-order valence-electron chi connectivity index (χ3n) is 4.43. The molecule has 0 radical (unpaired) electrons. The molecule has 0 aromatic heterocycles. The highest BCUT2D eigenvalue weighted by molar-refractivity contribution is 4.85. The Bertz CT molecular complexity index is 193. The lowest BCUT2D eigenvalue weighted by molar-refractivity contribution is 0.367. The van der Waals surface area contributed by atoms with Crippen molar-refractivity contribution in [3.8, 4) is 0 Å². The zero-order chi connectivity index (χ0) is 10.7. The van der Waals surface area contributed by atoms with E-state index in [0.717, 1.165) is 30.3 Å². The van der Waals surface area contributed by atoms with Crippen LogP contribution < -0.4 is 11.1 Å². The third kappa shape index (κ3) is 2.94. The SMILES string of the molecule is CC1CCC(CNC2CCCC2CN)C1. The van der Waals surface area contributed by atoms with E-state index in [1.807, 2.05) is 0 Å². The molecule has 3 N–H and O–H groups in total. The van der Waals surface area contributed by atoms with Gasteiger partial charge in [0.25, 0.3) is 0 Å². The molecule has 0 heterocycles. The van der Waals surface area contributed by atoms with Crippen molar-refractivity contribution < 1.29 is 0 Å². The largest absolute Gasteiger partial charge is 0.330 e. The minimum Gasteiger partial charge on any atom is -0.330 e. The zero-order valence-corrected chi connectivity index (χ0v) is 10.0. The molecule has 2 nitrogen and oxygen atoms in total. The Morgan fingerprint density at radius 2 is 2.07 bits per heavy atom. The molecule has 2 aliphatic rings. The first-order valence-corrected chi connectivity index (χ1v) is 6.73. The summed E-state index contributed by atoms with van der Waals surface area (Å²) < 4.78 is 0. The van der Waals surface area contributed by atoms with Crippen LogP contribution in [0.3, 0.4) is 0 Å². The van der Waals surface area contributed by atoms with Crippen molar-refractivity contribution in [2.24, 2.45) is 23.5 Å². The standard InChI is InChI=1S/C13H26N2/c1-10-5-6-11(7-10)9-15-13-4-2-3-12(13)8-14/h10-13,15H,2-9,14H2,1H3. The van der Waals surface area contributed by atoms with E-state index >= 15 is 0 Å². The zero-order valence-electron chi connectivity index (χ0n) is 10.0. The van der Waals surface area contributed by atoms with E-state index in [1.165, 1.54) is 45.1 Å². The predicted molar refractivity (Wildman–Crippen MR) is 64.7 cm³/mol. The molecule has 0 bridgehead atoms. The normalized spacial score (nSPS) is 41.2. The van der Waals surface area contributed by atoms with Crippen LogP contribution in [0.4, 0.5) is 0 Å². The molecule has 0 spiro atoms. The fourth-order valence-corrected chi connectivity index (χ4v) is 3.42. The van der Waals surface area contributed by atoms with Crippen molar-refractivity contribution >= 4 is 0 Å². The molecular weight excluding hydrogens is 184 g/mol. The van der Waals surface area contributed by atoms with E-state index < -0.39 is 0 Å². The first kappa shape index (κ1) is 11.4. The molecule has 0 aromatic carbocycles. The number of nitrogens with two attached hydrogens (primary N) is 1. The molecule has 2 aliphatic carbocycles. The summed E-state index contributed by atoms with van der Waals surface area (Å²) in [6.45, 7) is 4.50. The van der Waals surface area contributed by atoms with Gasteiger partial charge in [-0.1, -0.05) is 19.8 Å². The Labute approximate surface area is 94.0 Å². The monoisotopic (exact) mass is 210 g/mol. The topological polar surface area (TPSA) is 38.0 Å². The van der Waals surface area contributed by atoms with Crippen LogP contribution in [0.5, 0.6) is 0 Å². The third-order valence-corrected chi connectivity index (χ3v) is 4.43. The van der Waals surface area contributed by atoms with E-state index in [1.54, 1.807) is 0 Å². The summed E-state index contributed by atoms with van der Waals surface area (Å²) in [6, 6.07) is 0.728. The van der Waals surface area contributed by atoms with Crippen LogP contribution in [0.2, 0.25) is 0 Å². The Morgan fingerprint density at radius 3 is 2.73 bits per heavy atom. The number of nitrogens with one attached hydrogen (secondary N) is 1. The summed E-state index contributed by atoms with van der Waals surface area (Å²) in [6.07, 6.45) is 8.39. The van der Waals surface area contributed by atoms with Gasteiger partial charge in [-0.05, 0) is 56.5 Å². The molecule has 2 heteroatoms. The average molecular weight is 210 g/mol. The lowest BCUT2D eigenvalue weighted by Crippen LogP contribution is -2.38. The molecule has 2 fully saturated rings.